The van der Waals surface area contributed by atoms with E-state index in [1.165, 1.54) is 23.5 Å². The molecule has 1 amide bonds. The fourth-order valence-electron chi connectivity index (χ4n) is 2.41. The summed E-state index contributed by atoms with van der Waals surface area (Å²) in [7, 11) is 1.55. The van der Waals surface area contributed by atoms with Crippen LogP contribution in [0.25, 0.3) is 16.3 Å². The van der Waals surface area contributed by atoms with Gasteiger partial charge < -0.3 is 9.47 Å². The summed E-state index contributed by atoms with van der Waals surface area (Å²) < 4.78 is 26.0. The number of carbonyl (C=O) groups excluding carboxylic acids is 1. The molecule has 1 aromatic heterocycles. The third kappa shape index (κ3) is 4.45. The number of rotatable bonds is 6. The number of nitrogens with zero attached hydrogens (tertiary/aromatic N) is 1. The highest BCUT2D eigenvalue weighted by molar-refractivity contribution is 9.10. The number of fused-ring (bicyclic) bond motifs is 1. The van der Waals surface area contributed by atoms with Gasteiger partial charge in [-0.05, 0) is 58.8 Å². The Bertz CT molecular complexity index is 1020. The minimum atomic E-state index is -0.411. The van der Waals surface area contributed by atoms with Crippen molar-refractivity contribution in [3.8, 4) is 11.5 Å². The zero-order valence-corrected chi connectivity index (χ0v) is 17.0. The smallest absolute Gasteiger partial charge is 0.250 e. The summed E-state index contributed by atoms with van der Waals surface area (Å²) in [6, 6.07) is 8.30. The van der Waals surface area contributed by atoms with Gasteiger partial charge in [0.15, 0.2) is 16.6 Å². The molecule has 0 saturated carbocycles. The number of benzene rings is 2. The molecule has 2 aromatic carbocycles. The summed E-state index contributed by atoms with van der Waals surface area (Å²) in [5, 5.41) is 2.99. The third-order valence-corrected chi connectivity index (χ3v) is 5.09. The van der Waals surface area contributed by atoms with Gasteiger partial charge in [-0.15, -0.1) is 0 Å². The lowest BCUT2D eigenvalue weighted by Crippen LogP contribution is -2.07. The Morgan fingerprint density at radius 3 is 2.93 bits per heavy atom. The first-order valence-electron chi connectivity index (χ1n) is 8.06. The van der Waals surface area contributed by atoms with Crippen LogP contribution < -0.4 is 14.8 Å². The Hall–Kier alpha value is -2.45. The molecule has 0 atom stereocenters. The Morgan fingerprint density at radius 1 is 1.41 bits per heavy atom. The monoisotopic (exact) mass is 450 g/mol. The molecule has 140 valence electrons. The minimum Gasteiger partial charge on any atom is -0.493 e. The zero-order valence-electron chi connectivity index (χ0n) is 14.6. The number of aromatic nitrogens is 1. The third-order valence-electron chi connectivity index (χ3n) is 3.57. The second-order valence-corrected chi connectivity index (χ2v) is 7.28. The van der Waals surface area contributed by atoms with E-state index in [9.17, 15) is 9.18 Å². The van der Waals surface area contributed by atoms with Gasteiger partial charge in [-0.1, -0.05) is 17.4 Å². The molecule has 3 aromatic rings. The van der Waals surface area contributed by atoms with Crippen molar-refractivity contribution >= 4 is 54.6 Å². The lowest BCUT2D eigenvalue weighted by molar-refractivity contribution is -0.111. The van der Waals surface area contributed by atoms with Crippen LogP contribution in [-0.2, 0) is 4.79 Å². The second kappa shape index (κ2) is 8.49. The maximum Gasteiger partial charge on any atom is 0.250 e. The number of thiazole rings is 1. The van der Waals surface area contributed by atoms with Gasteiger partial charge in [0.25, 0.3) is 0 Å². The SMILES string of the molecule is CCOc1c(Br)cc(/C=C/C(=O)Nc2nc3c(F)cccc3s2)cc1OC. The molecule has 8 heteroatoms. The summed E-state index contributed by atoms with van der Waals surface area (Å²) in [5.74, 6) is 0.399. The van der Waals surface area contributed by atoms with E-state index in [1.807, 2.05) is 13.0 Å². The van der Waals surface area contributed by atoms with Gasteiger partial charge in [0.1, 0.15) is 11.3 Å². The molecule has 0 aliphatic carbocycles. The Kier molecular flexibility index (Phi) is 6.08. The summed E-state index contributed by atoms with van der Waals surface area (Å²) >= 11 is 4.66. The largest absolute Gasteiger partial charge is 0.493 e. The highest BCUT2D eigenvalue weighted by Crippen LogP contribution is 2.37. The molecule has 1 N–H and O–H groups in total. The van der Waals surface area contributed by atoms with Crippen molar-refractivity contribution < 1.29 is 18.7 Å². The fraction of sp³-hybridized carbons (Fsp3) is 0.158. The lowest BCUT2D eigenvalue weighted by atomic mass is 10.2. The second-order valence-electron chi connectivity index (χ2n) is 5.40. The first kappa shape index (κ1) is 19.3. The van der Waals surface area contributed by atoms with Gasteiger partial charge >= 0.3 is 0 Å². The molecule has 0 saturated heterocycles. The highest BCUT2D eigenvalue weighted by Gasteiger charge is 2.11. The molecule has 5 nitrogen and oxygen atoms in total. The molecule has 3 rings (SSSR count). The van der Waals surface area contributed by atoms with E-state index >= 15 is 0 Å². The minimum absolute atomic E-state index is 0.252. The van der Waals surface area contributed by atoms with Crippen molar-refractivity contribution in [1.29, 1.82) is 0 Å². The van der Waals surface area contributed by atoms with E-state index < -0.39 is 5.82 Å². The normalized spacial score (nSPS) is 11.1. The molecule has 0 spiro atoms. The van der Waals surface area contributed by atoms with Crippen LogP contribution in [0.5, 0.6) is 11.5 Å². The van der Waals surface area contributed by atoms with Gasteiger partial charge in [-0.25, -0.2) is 9.37 Å². The molecule has 0 radical (unpaired) electrons. The molecule has 0 aliphatic heterocycles. The number of halogens is 2. The van der Waals surface area contributed by atoms with Crippen molar-refractivity contribution in [2.75, 3.05) is 19.0 Å². The lowest BCUT2D eigenvalue weighted by Gasteiger charge is -2.12. The van der Waals surface area contributed by atoms with Crippen molar-refractivity contribution in [2.45, 2.75) is 6.92 Å². The molecule has 0 fully saturated rings. The number of methoxy groups -OCH3 is 1. The Balaban J connectivity index is 1.76. The fourth-order valence-corrected chi connectivity index (χ4v) is 3.87. The van der Waals surface area contributed by atoms with Crippen LogP contribution in [0.15, 0.2) is 40.9 Å². The number of hydrogen-bond donors (Lipinski definition) is 1. The maximum absolute atomic E-state index is 13.7. The average molecular weight is 451 g/mol. The van der Waals surface area contributed by atoms with Crippen LogP contribution >= 0.6 is 27.3 Å². The van der Waals surface area contributed by atoms with E-state index in [-0.39, 0.29) is 11.4 Å². The van der Waals surface area contributed by atoms with E-state index in [1.54, 1.807) is 31.4 Å². The summed E-state index contributed by atoms with van der Waals surface area (Å²) in [6.07, 6.45) is 3.02. The number of hydrogen-bond acceptors (Lipinski definition) is 5. The average Bonchev–Trinajstić information content (AvgIpc) is 3.05. The van der Waals surface area contributed by atoms with Crippen LogP contribution in [0.1, 0.15) is 12.5 Å². The first-order valence-corrected chi connectivity index (χ1v) is 9.67. The molecular formula is C19H16BrFN2O3S. The number of nitrogens with one attached hydrogen (secondary N) is 1. The summed E-state index contributed by atoms with van der Waals surface area (Å²) in [6.45, 7) is 2.40. The number of anilines is 1. The van der Waals surface area contributed by atoms with Crippen molar-refractivity contribution in [1.82, 2.24) is 4.98 Å². The Labute approximate surface area is 168 Å². The first-order chi connectivity index (χ1) is 13.0. The number of amides is 1. The topological polar surface area (TPSA) is 60.5 Å². The Morgan fingerprint density at radius 2 is 2.22 bits per heavy atom. The predicted octanol–water partition coefficient (Wildman–Crippen LogP) is 5.26. The zero-order chi connectivity index (χ0) is 19.4. The van der Waals surface area contributed by atoms with Crippen LogP contribution in [0, 0.1) is 5.82 Å². The van der Waals surface area contributed by atoms with Gasteiger partial charge in [-0.3, -0.25) is 10.1 Å². The van der Waals surface area contributed by atoms with Crippen LogP contribution in [-0.4, -0.2) is 24.6 Å². The summed E-state index contributed by atoms with van der Waals surface area (Å²) in [4.78, 5) is 16.3. The van der Waals surface area contributed by atoms with E-state index in [2.05, 4.69) is 26.2 Å². The molecular weight excluding hydrogens is 435 g/mol. The standard InChI is InChI=1S/C19H16BrFN2O3S/c1-3-26-18-12(20)9-11(10-14(18)25-2)7-8-16(24)22-19-23-17-13(21)5-4-6-15(17)27-19/h4-10H,3H2,1-2H3,(H,22,23,24)/b8-7+. The van der Waals surface area contributed by atoms with E-state index in [4.69, 9.17) is 9.47 Å². The van der Waals surface area contributed by atoms with Gasteiger partial charge in [0.05, 0.1) is 22.9 Å². The van der Waals surface area contributed by atoms with Crippen LogP contribution in [0.3, 0.4) is 0 Å². The van der Waals surface area contributed by atoms with Crippen LogP contribution in [0.2, 0.25) is 0 Å². The van der Waals surface area contributed by atoms with Gasteiger partial charge in [-0.2, -0.15) is 0 Å². The van der Waals surface area contributed by atoms with Crippen molar-refractivity contribution in [3.05, 3.63) is 52.3 Å². The van der Waals surface area contributed by atoms with E-state index in [0.717, 1.165) is 10.0 Å². The van der Waals surface area contributed by atoms with Crippen molar-refractivity contribution in [3.63, 3.8) is 0 Å². The quantitative estimate of drug-likeness (QED) is 0.520. The van der Waals surface area contributed by atoms with Gasteiger partial charge in [0, 0.05) is 6.08 Å². The molecule has 27 heavy (non-hydrogen) atoms. The number of carbonyl (C=O) groups is 1. The number of ether oxygens (including phenoxy) is 2. The molecule has 1 heterocycles. The predicted molar refractivity (Wildman–Crippen MR) is 109 cm³/mol. The highest BCUT2D eigenvalue weighted by atomic mass is 79.9. The van der Waals surface area contributed by atoms with Crippen LogP contribution in [0.4, 0.5) is 9.52 Å². The maximum atomic E-state index is 13.7. The summed E-state index contributed by atoms with van der Waals surface area (Å²) in [5.41, 5.74) is 1.01. The van der Waals surface area contributed by atoms with E-state index in [0.29, 0.717) is 27.9 Å². The van der Waals surface area contributed by atoms with Gasteiger partial charge in [0.2, 0.25) is 5.91 Å². The molecule has 0 bridgehead atoms. The molecule has 0 unspecified atom stereocenters. The molecule has 0 aliphatic rings. The van der Waals surface area contributed by atoms with Crippen molar-refractivity contribution in [2.24, 2.45) is 0 Å². The number of para-hydroxylation sites is 1.